The smallest absolute Gasteiger partial charge is 0.220 e. The SMILES string of the molecule is O=C(CCCC1CCCCC1)NCCc1ccccc1. The second kappa shape index (κ2) is 8.78. The van der Waals surface area contributed by atoms with E-state index in [1.165, 1.54) is 44.1 Å². The van der Waals surface area contributed by atoms with Gasteiger partial charge in [-0.2, -0.15) is 0 Å². The molecule has 1 N–H and O–H groups in total. The van der Waals surface area contributed by atoms with Crippen LogP contribution < -0.4 is 5.32 Å². The van der Waals surface area contributed by atoms with Gasteiger partial charge in [-0.1, -0.05) is 62.4 Å². The van der Waals surface area contributed by atoms with Crippen LogP contribution in [0.3, 0.4) is 0 Å². The Bertz CT molecular complexity index is 382. The number of carbonyl (C=O) groups is 1. The Morgan fingerprint density at radius 1 is 1.10 bits per heavy atom. The Labute approximate surface area is 123 Å². The Morgan fingerprint density at radius 3 is 2.60 bits per heavy atom. The van der Waals surface area contributed by atoms with Gasteiger partial charge in [0.25, 0.3) is 0 Å². The van der Waals surface area contributed by atoms with Crippen LogP contribution in [0.5, 0.6) is 0 Å². The maximum absolute atomic E-state index is 11.8. The first-order chi connectivity index (χ1) is 9.84. The van der Waals surface area contributed by atoms with E-state index in [0.29, 0.717) is 6.42 Å². The molecule has 1 amide bonds. The minimum atomic E-state index is 0.219. The van der Waals surface area contributed by atoms with E-state index >= 15 is 0 Å². The van der Waals surface area contributed by atoms with Gasteiger partial charge in [-0.25, -0.2) is 0 Å². The molecule has 1 aliphatic rings. The number of hydrogen-bond acceptors (Lipinski definition) is 1. The zero-order chi connectivity index (χ0) is 14.0. The lowest BCUT2D eigenvalue weighted by molar-refractivity contribution is -0.121. The van der Waals surface area contributed by atoms with Gasteiger partial charge in [-0.05, 0) is 30.7 Å². The fourth-order valence-electron chi connectivity index (χ4n) is 3.11. The molecule has 1 aliphatic carbocycles. The summed E-state index contributed by atoms with van der Waals surface area (Å²) in [5, 5.41) is 3.03. The van der Waals surface area contributed by atoms with Gasteiger partial charge in [-0.15, -0.1) is 0 Å². The summed E-state index contributed by atoms with van der Waals surface area (Å²) in [4.78, 5) is 11.8. The monoisotopic (exact) mass is 273 g/mol. The number of benzene rings is 1. The van der Waals surface area contributed by atoms with E-state index in [-0.39, 0.29) is 5.91 Å². The maximum atomic E-state index is 11.8. The maximum Gasteiger partial charge on any atom is 0.220 e. The minimum absolute atomic E-state index is 0.219. The highest BCUT2D eigenvalue weighted by Crippen LogP contribution is 2.27. The highest BCUT2D eigenvalue weighted by Gasteiger charge is 2.13. The first-order valence-corrected chi connectivity index (χ1v) is 8.15. The second-order valence-electron chi connectivity index (χ2n) is 5.98. The average molecular weight is 273 g/mol. The molecule has 2 heteroatoms. The molecule has 1 fully saturated rings. The molecule has 0 radical (unpaired) electrons. The van der Waals surface area contributed by atoms with E-state index in [1.807, 2.05) is 18.2 Å². The van der Waals surface area contributed by atoms with E-state index in [1.54, 1.807) is 0 Å². The summed E-state index contributed by atoms with van der Waals surface area (Å²) < 4.78 is 0. The van der Waals surface area contributed by atoms with Crippen molar-refractivity contribution < 1.29 is 4.79 Å². The van der Waals surface area contributed by atoms with Gasteiger partial charge < -0.3 is 5.32 Å². The van der Waals surface area contributed by atoms with Crippen molar-refractivity contribution >= 4 is 5.91 Å². The van der Waals surface area contributed by atoms with Crippen molar-refractivity contribution in [3.63, 3.8) is 0 Å². The molecule has 2 rings (SSSR count). The molecule has 0 bridgehead atoms. The minimum Gasteiger partial charge on any atom is -0.356 e. The molecular formula is C18H27NO. The standard InChI is InChI=1S/C18H27NO/c20-18(13-7-12-16-8-3-1-4-9-16)19-15-14-17-10-5-2-6-11-17/h2,5-6,10-11,16H,1,3-4,7-9,12-15H2,(H,19,20). The van der Waals surface area contributed by atoms with Crippen molar-refractivity contribution in [2.24, 2.45) is 5.92 Å². The summed E-state index contributed by atoms with van der Waals surface area (Å²) in [6.45, 7) is 0.756. The Morgan fingerprint density at radius 2 is 1.85 bits per heavy atom. The second-order valence-corrected chi connectivity index (χ2v) is 5.98. The number of nitrogens with one attached hydrogen (secondary N) is 1. The molecule has 0 unspecified atom stereocenters. The Balaban J connectivity index is 1.52. The van der Waals surface area contributed by atoms with Gasteiger partial charge >= 0.3 is 0 Å². The zero-order valence-corrected chi connectivity index (χ0v) is 12.4. The summed E-state index contributed by atoms with van der Waals surface area (Å²) in [5.74, 6) is 1.11. The highest BCUT2D eigenvalue weighted by molar-refractivity contribution is 5.75. The van der Waals surface area contributed by atoms with Gasteiger partial charge in [0.1, 0.15) is 0 Å². The molecule has 0 aromatic heterocycles. The van der Waals surface area contributed by atoms with Crippen LogP contribution in [0.15, 0.2) is 30.3 Å². The molecule has 0 saturated heterocycles. The average Bonchev–Trinajstić information content (AvgIpc) is 2.49. The fourth-order valence-corrected chi connectivity index (χ4v) is 3.11. The van der Waals surface area contributed by atoms with E-state index in [9.17, 15) is 4.79 Å². The summed E-state index contributed by atoms with van der Waals surface area (Å²) in [7, 11) is 0. The normalized spacial score (nSPS) is 16.0. The molecule has 2 nitrogen and oxygen atoms in total. The quantitative estimate of drug-likeness (QED) is 0.796. The molecule has 1 aromatic rings. The van der Waals surface area contributed by atoms with E-state index in [2.05, 4.69) is 17.4 Å². The van der Waals surface area contributed by atoms with Gasteiger partial charge in [0.15, 0.2) is 0 Å². The molecule has 20 heavy (non-hydrogen) atoms. The third-order valence-corrected chi connectivity index (χ3v) is 4.32. The van der Waals surface area contributed by atoms with Crippen LogP contribution in [0.2, 0.25) is 0 Å². The van der Waals surface area contributed by atoms with Gasteiger partial charge in [0, 0.05) is 13.0 Å². The van der Waals surface area contributed by atoms with E-state index < -0.39 is 0 Å². The van der Waals surface area contributed by atoms with Crippen molar-refractivity contribution in [3.05, 3.63) is 35.9 Å². The number of carbonyl (C=O) groups excluding carboxylic acids is 1. The molecule has 1 aromatic carbocycles. The topological polar surface area (TPSA) is 29.1 Å². The number of hydrogen-bond donors (Lipinski definition) is 1. The van der Waals surface area contributed by atoms with Crippen molar-refractivity contribution in [1.82, 2.24) is 5.32 Å². The Hall–Kier alpha value is -1.31. The van der Waals surface area contributed by atoms with Crippen LogP contribution in [0, 0.1) is 5.92 Å². The van der Waals surface area contributed by atoms with Crippen LogP contribution in [0.25, 0.3) is 0 Å². The molecule has 1 saturated carbocycles. The van der Waals surface area contributed by atoms with E-state index in [0.717, 1.165) is 25.3 Å². The fraction of sp³-hybridized carbons (Fsp3) is 0.611. The van der Waals surface area contributed by atoms with Gasteiger partial charge in [-0.3, -0.25) is 4.79 Å². The molecular weight excluding hydrogens is 246 g/mol. The first-order valence-electron chi connectivity index (χ1n) is 8.15. The molecule has 110 valence electrons. The first kappa shape index (κ1) is 15.1. The van der Waals surface area contributed by atoms with Crippen LogP contribution in [-0.4, -0.2) is 12.5 Å². The predicted octanol–water partition coefficient (Wildman–Crippen LogP) is 4.10. The summed E-state index contributed by atoms with van der Waals surface area (Å²) in [6.07, 6.45) is 10.9. The summed E-state index contributed by atoms with van der Waals surface area (Å²) in [5.41, 5.74) is 1.29. The predicted molar refractivity (Wildman–Crippen MR) is 83.6 cm³/mol. The number of amides is 1. The lowest BCUT2D eigenvalue weighted by Gasteiger charge is -2.21. The van der Waals surface area contributed by atoms with Crippen LogP contribution in [0.4, 0.5) is 0 Å². The summed E-state index contributed by atoms with van der Waals surface area (Å²) >= 11 is 0. The molecule has 0 aliphatic heterocycles. The van der Waals surface area contributed by atoms with E-state index in [4.69, 9.17) is 0 Å². The third-order valence-electron chi connectivity index (χ3n) is 4.32. The molecule has 0 spiro atoms. The van der Waals surface area contributed by atoms with Crippen molar-refractivity contribution in [2.45, 2.75) is 57.8 Å². The third kappa shape index (κ3) is 5.77. The lowest BCUT2D eigenvalue weighted by Crippen LogP contribution is -2.25. The van der Waals surface area contributed by atoms with Crippen molar-refractivity contribution in [2.75, 3.05) is 6.54 Å². The largest absolute Gasteiger partial charge is 0.356 e. The number of rotatable bonds is 7. The highest BCUT2D eigenvalue weighted by atomic mass is 16.1. The zero-order valence-electron chi connectivity index (χ0n) is 12.4. The Kier molecular flexibility index (Phi) is 6.62. The van der Waals surface area contributed by atoms with Gasteiger partial charge in [0.05, 0.1) is 0 Å². The van der Waals surface area contributed by atoms with Gasteiger partial charge in [0.2, 0.25) is 5.91 Å². The lowest BCUT2D eigenvalue weighted by atomic mass is 9.86. The van der Waals surface area contributed by atoms with Crippen LogP contribution in [0.1, 0.15) is 56.9 Å². The van der Waals surface area contributed by atoms with Crippen molar-refractivity contribution in [3.8, 4) is 0 Å². The van der Waals surface area contributed by atoms with Crippen LogP contribution in [-0.2, 0) is 11.2 Å². The molecule has 0 atom stereocenters. The summed E-state index contributed by atoms with van der Waals surface area (Å²) in [6, 6.07) is 10.3. The molecule has 0 heterocycles. The van der Waals surface area contributed by atoms with Crippen molar-refractivity contribution in [1.29, 1.82) is 0 Å². The van der Waals surface area contributed by atoms with Crippen LogP contribution >= 0.6 is 0 Å².